The zero-order valence-corrected chi connectivity index (χ0v) is 22.7. The van der Waals surface area contributed by atoms with Crippen molar-refractivity contribution in [2.24, 2.45) is 33.8 Å². The third-order valence-electron chi connectivity index (χ3n) is 5.81. The minimum atomic E-state index is -1.20. The van der Waals surface area contributed by atoms with Crippen LogP contribution in [0.3, 0.4) is 0 Å². The van der Waals surface area contributed by atoms with Crippen LogP contribution in [-0.4, -0.2) is 82.0 Å². The van der Waals surface area contributed by atoms with Crippen molar-refractivity contribution in [1.82, 2.24) is 25.9 Å². The second kappa shape index (κ2) is 17.7. The van der Waals surface area contributed by atoms with Crippen molar-refractivity contribution in [2.45, 2.75) is 83.0 Å². The molecule has 4 atom stereocenters. The molecular weight excluding hydrogens is 508 g/mol. The molecule has 0 aliphatic rings. The summed E-state index contributed by atoms with van der Waals surface area (Å²) in [6.07, 6.45) is 5.15. The molecule has 220 valence electrons. The summed E-state index contributed by atoms with van der Waals surface area (Å²) in [6.45, 7) is 4.44. The molecule has 1 heterocycles. The predicted molar refractivity (Wildman–Crippen MR) is 146 cm³/mol. The van der Waals surface area contributed by atoms with E-state index in [9.17, 15) is 24.3 Å². The number of carbonyl (C=O) groups is 4. The molecule has 0 spiro atoms. The first kappa shape index (κ1) is 33.3. The highest BCUT2D eigenvalue weighted by Crippen LogP contribution is 2.08. The van der Waals surface area contributed by atoms with Crippen molar-refractivity contribution in [1.29, 1.82) is 0 Å². The van der Waals surface area contributed by atoms with Crippen LogP contribution in [0.2, 0.25) is 0 Å². The normalized spacial score (nSPS) is 14.1. The standard InChI is InChI=1S/C24H44N10O5/c1-14(2)10-16(26)20(35)34-19(11-15-12-29-13-31-15)22(37)32-17(7-5-9-30-24(27)28)21(36)33-18(23(38)39)6-3-4-8-25/h12-14,16-19H,3-11,25-26H2,1-2H3,(H,29,31)(H,32,37)(H,33,36)(H,34,35)(H,38,39)(H4,27,28,30). The number of guanidine groups is 1. The third-order valence-corrected chi connectivity index (χ3v) is 5.81. The fourth-order valence-electron chi connectivity index (χ4n) is 3.79. The van der Waals surface area contributed by atoms with E-state index in [1.807, 2.05) is 13.8 Å². The minimum absolute atomic E-state index is 0.0607. The lowest BCUT2D eigenvalue weighted by molar-refractivity contribution is -0.142. The van der Waals surface area contributed by atoms with Crippen LogP contribution in [0.1, 0.15) is 58.1 Å². The summed E-state index contributed by atoms with van der Waals surface area (Å²) in [7, 11) is 0. The van der Waals surface area contributed by atoms with E-state index in [2.05, 4.69) is 30.9 Å². The number of aliphatic carboxylic acids is 1. The summed E-state index contributed by atoms with van der Waals surface area (Å²) in [4.78, 5) is 61.6. The van der Waals surface area contributed by atoms with Crippen LogP contribution in [0.4, 0.5) is 0 Å². The van der Waals surface area contributed by atoms with Gasteiger partial charge in [0, 0.05) is 24.9 Å². The fraction of sp³-hybridized carbons (Fsp3) is 0.667. The summed E-state index contributed by atoms with van der Waals surface area (Å²) in [5, 5.41) is 17.4. The number of aromatic amines is 1. The van der Waals surface area contributed by atoms with Gasteiger partial charge in [0.1, 0.15) is 18.1 Å². The largest absolute Gasteiger partial charge is 0.480 e. The van der Waals surface area contributed by atoms with Crippen LogP contribution in [0.25, 0.3) is 0 Å². The van der Waals surface area contributed by atoms with Crippen molar-refractivity contribution in [2.75, 3.05) is 13.1 Å². The summed E-state index contributed by atoms with van der Waals surface area (Å²) < 4.78 is 0. The zero-order chi connectivity index (χ0) is 29.4. The van der Waals surface area contributed by atoms with Crippen LogP contribution >= 0.6 is 0 Å². The average Bonchev–Trinajstić information content (AvgIpc) is 3.37. The third kappa shape index (κ3) is 13.6. The molecule has 39 heavy (non-hydrogen) atoms. The number of hydrogen-bond donors (Lipinski definition) is 9. The summed E-state index contributed by atoms with van der Waals surface area (Å²) in [6, 6.07) is -4.18. The first-order valence-corrected chi connectivity index (χ1v) is 13.1. The Labute approximate surface area is 228 Å². The van der Waals surface area contributed by atoms with Crippen LogP contribution in [0.15, 0.2) is 17.5 Å². The second-order valence-corrected chi connectivity index (χ2v) is 9.77. The molecule has 15 nitrogen and oxygen atoms in total. The van der Waals surface area contributed by atoms with E-state index in [4.69, 9.17) is 22.9 Å². The number of aliphatic imine (C=N–C) groups is 1. The summed E-state index contributed by atoms with van der Waals surface area (Å²) >= 11 is 0. The Morgan fingerprint density at radius 3 is 2.15 bits per heavy atom. The number of H-pyrrole nitrogens is 1. The number of nitrogens with one attached hydrogen (secondary N) is 4. The van der Waals surface area contributed by atoms with Gasteiger partial charge in [-0.05, 0) is 51.0 Å². The molecule has 0 aliphatic heterocycles. The van der Waals surface area contributed by atoms with E-state index in [1.165, 1.54) is 12.5 Å². The van der Waals surface area contributed by atoms with E-state index in [0.29, 0.717) is 37.9 Å². The van der Waals surface area contributed by atoms with Gasteiger partial charge in [0.2, 0.25) is 17.7 Å². The van der Waals surface area contributed by atoms with E-state index < -0.39 is 47.9 Å². The molecule has 3 amide bonds. The molecule has 0 aromatic carbocycles. The predicted octanol–water partition coefficient (Wildman–Crippen LogP) is -1.95. The number of nitrogens with two attached hydrogens (primary N) is 4. The van der Waals surface area contributed by atoms with Gasteiger partial charge in [-0.3, -0.25) is 19.4 Å². The van der Waals surface area contributed by atoms with Crippen LogP contribution in [-0.2, 0) is 25.6 Å². The number of unbranched alkanes of at least 4 members (excludes halogenated alkanes) is 1. The van der Waals surface area contributed by atoms with Gasteiger partial charge in [-0.15, -0.1) is 0 Å². The minimum Gasteiger partial charge on any atom is -0.480 e. The Balaban J connectivity index is 3.08. The molecule has 13 N–H and O–H groups in total. The monoisotopic (exact) mass is 552 g/mol. The number of nitrogens with zero attached hydrogens (tertiary/aromatic N) is 2. The fourth-order valence-corrected chi connectivity index (χ4v) is 3.79. The first-order chi connectivity index (χ1) is 18.4. The maximum absolute atomic E-state index is 13.4. The Kier molecular flexibility index (Phi) is 15.1. The number of carbonyl (C=O) groups excluding carboxylic acids is 3. The lowest BCUT2D eigenvalue weighted by Gasteiger charge is -2.25. The summed E-state index contributed by atoms with van der Waals surface area (Å²) in [5.41, 5.74) is 22.8. The molecule has 1 aromatic heterocycles. The molecule has 1 aromatic rings. The average molecular weight is 553 g/mol. The second-order valence-electron chi connectivity index (χ2n) is 9.77. The highest BCUT2D eigenvalue weighted by molar-refractivity contribution is 5.94. The van der Waals surface area contributed by atoms with Crippen molar-refractivity contribution < 1.29 is 24.3 Å². The van der Waals surface area contributed by atoms with Gasteiger partial charge in [-0.1, -0.05) is 13.8 Å². The number of carboxylic acid groups (broad SMARTS) is 1. The molecule has 0 aliphatic carbocycles. The van der Waals surface area contributed by atoms with E-state index >= 15 is 0 Å². The van der Waals surface area contributed by atoms with Gasteiger partial charge in [-0.25, -0.2) is 9.78 Å². The van der Waals surface area contributed by atoms with Gasteiger partial charge in [0.05, 0.1) is 12.4 Å². The number of rotatable bonds is 19. The Bertz CT molecular complexity index is 934. The number of amides is 3. The molecular formula is C24H44N10O5. The Hall–Kier alpha value is -3.72. The van der Waals surface area contributed by atoms with Crippen molar-refractivity contribution >= 4 is 29.7 Å². The van der Waals surface area contributed by atoms with Crippen LogP contribution < -0.4 is 38.9 Å². The number of carboxylic acids is 1. The summed E-state index contributed by atoms with van der Waals surface area (Å²) in [5.74, 6) is -3.00. The van der Waals surface area contributed by atoms with E-state index in [0.717, 1.165) is 0 Å². The van der Waals surface area contributed by atoms with Gasteiger partial charge >= 0.3 is 5.97 Å². The van der Waals surface area contributed by atoms with Crippen molar-refractivity contribution in [3.8, 4) is 0 Å². The molecule has 15 heteroatoms. The zero-order valence-electron chi connectivity index (χ0n) is 22.7. The number of hydrogen-bond acceptors (Lipinski definition) is 8. The number of imidazole rings is 1. The quantitative estimate of drug-likeness (QED) is 0.0519. The molecule has 0 saturated heterocycles. The van der Waals surface area contributed by atoms with Gasteiger partial charge in [0.25, 0.3) is 0 Å². The Morgan fingerprint density at radius 2 is 1.59 bits per heavy atom. The highest BCUT2D eigenvalue weighted by atomic mass is 16.4. The smallest absolute Gasteiger partial charge is 0.326 e. The van der Waals surface area contributed by atoms with Gasteiger partial charge < -0.3 is 49.0 Å². The maximum atomic E-state index is 13.4. The van der Waals surface area contributed by atoms with Gasteiger partial charge in [0.15, 0.2) is 5.96 Å². The van der Waals surface area contributed by atoms with Crippen LogP contribution in [0.5, 0.6) is 0 Å². The molecule has 4 unspecified atom stereocenters. The van der Waals surface area contributed by atoms with Crippen molar-refractivity contribution in [3.63, 3.8) is 0 Å². The molecule has 1 rings (SSSR count). The molecule has 0 bridgehead atoms. The van der Waals surface area contributed by atoms with Crippen molar-refractivity contribution in [3.05, 3.63) is 18.2 Å². The molecule has 0 fully saturated rings. The Morgan fingerprint density at radius 1 is 0.974 bits per heavy atom. The van der Waals surface area contributed by atoms with E-state index in [-0.39, 0.29) is 37.7 Å². The SMILES string of the molecule is CC(C)CC(N)C(=O)NC(Cc1cnc[nH]1)C(=O)NC(CCCN=C(N)N)C(=O)NC(CCCCN)C(=O)O. The number of aromatic nitrogens is 2. The maximum Gasteiger partial charge on any atom is 0.326 e. The lowest BCUT2D eigenvalue weighted by atomic mass is 10.0. The lowest BCUT2D eigenvalue weighted by Crippen LogP contribution is -2.57. The van der Waals surface area contributed by atoms with Gasteiger partial charge in [-0.2, -0.15) is 0 Å². The van der Waals surface area contributed by atoms with E-state index in [1.54, 1.807) is 0 Å². The van der Waals surface area contributed by atoms with Crippen LogP contribution in [0, 0.1) is 5.92 Å². The first-order valence-electron chi connectivity index (χ1n) is 13.1. The topological polar surface area (TPSA) is 270 Å². The highest BCUT2D eigenvalue weighted by Gasteiger charge is 2.30. The molecule has 0 saturated carbocycles. The molecule has 0 radical (unpaired) electrons.